The summed E-state index contributed by atoms with van der Waals surface area (Å²) in [5.41, 5.74) is 1.79. The fraction of sp³-hybridized carbons (Fsp3) is 0.300. The summed E-state index contributed by atoms with van der Waals surface area (Å²) in [4.78, 5) is 16.2. The summed E-state index contributed by atoms with van der Waals surface area (Å²) in [5, 5.41) is 13.6. The van der Waals surface area contributed by atoms with Crippen LogP contribution in [0.1, 0.15) is 38.7 Å². The molecule has 0 aliphatic rings. The van der Waals surface area contributed by atoms with Crippen molar-refractivity contribution in [1.29, 1.82) is 0 Å². The minimum absolute atomic E-state index is 0.0102. The van der Waals surface area contributed by atoms with Crippen LogP contribution in [0.25, 0.3) is 0 Å². The van der Waals surface area contributed by atoms with Gasteiger partial charge in [0.15, 0.2) is 11.5 Å². The molecule has 0 aliphatic carbocycles. The van der Waals surface area contributed by atoms with Crippen LogP contribution >= 0.6 is 11.6 Å². The number of benzene rings is 2. The Hall–Kier alpha value is -2.53. The van der Waals surface area contributed by atoms with Gasteiger partial charge in [0.05, 0.1) is 12.3 Å². The van der Waals surface area contributed by atoms with Gasteiger partial charge in [0.1, 0.15) is 0 Å². The topological polar surface area (TPSA) is 70.9 Å². The molecule has 5 nitrogen and oxygen atoms in total. The highest BCUT2D eigenvalue weighted by Crippen LogP contribution is 2.33. The molecule has 0 saturated heterocycles. The summed E-state index contributed by atoms with van der Waals surface area (Å²) in [6.07, 6.45) is 3.85. The van der Waals surface area contributed by atoms with Gasteiger partial charge in [0, 0.05) is 35.0 Å². The smallest absolute Gasteiger partial charge is 0.224 e. The van der Waals surface area contributed by atoms with E-state index in [2.05, 4.69) is 10.3 Å². The fourth-order valence-corrected chi connectivity index (χ4v) is 2.54. The predicted molar refractivity (Wildman–Crippen MR) is 106 cm³/mol. The van der Waals surface area contributed by atoms with Crippen molar-refractivity contribution in [2.45, 2.75) is 33.1 Å². The zero-order valence-corrected chi connectivity index (χ0v) is 15.7. The molecule has 1 amide bonds. The van der Waals surface area contributed by atoms with E-state index in [0.29, 0.717) is 40.7 Å². The number of hydrogen-bond donors (Lipinski definition) is 2. The number of hydrogen-bond acceptors (Lipinski definition) is 4. The highest BCUT2D eigenvalue weighted by Gasteiger charge is 2.09. The van der Waals surface area contributed by atoms with Gasteiger partial charge in [0.2, 0.25) is 5.91 Å². The molecule has 2 aromatic rings. The number of unbranched alkanes of at least 4 members (excludes halogenated alkanes) is 1. The van der Waals surface area contributed by atoms with E-state index in [1.54, 1.807) is 18.2 Å². The summed E-state index contributed by atoms with van der Waals surface area (Å²) >= 11 is 6.06. The number of carbonyl (C=O) groups is 1. The van der Waals surface area contributed by atoms with Crippen LogP contribution in [-0.4, -0.2) is 23.8 Å². The molecule has 0 atom stereocenters. The molecule has 26 heavy (non-hydrogen) atoms. The van der Waals surface area contributed by atoms with Crippen molar-refractivity contribution < 1.29 is 14.6 Å². The van der Waals surface area contributed by atoms with Crippen molar-refractivity contribution in [3.05, 3.63) is 47.0 Å². The zero-order chi connectivity index (χ0) is 18.9. The Morgan fingerprint density at radius 2 is 2.12 bits per heavy atom. The Balaban J connectivity index is 2.16. The van der Waals surface area contributed by atoms with Gasteiger partial charge in [-0.2, -0.15) is 0 Å². The molecule has 0 saturated carbocycles. The summed E-state index contributed by atoms with van der Waals surface area (Å²) in [7, 11) is 0. The lowest BCUT2D eigenvalue weighted by Gasteiger charge is -2.08. The lowest BCUT2D eigenvalue weighted by Crippen LogP contribution is -2.10. The number of amides is 1. The van der Waals surface area contributed by atoms with Gasteiger partial charge in [-0.1, -0.05) is 31.0 Å². The Bertz CT molecular complexity index is 791. The first-order chi connectivity index (χ1) is 12.5. The number of anilines is 1. The molecule has 2 aromatic carbocycles. The Labute approximate surface area is 158 Å². The molecule has 138 valence electrons. The molecule has 0 unspecified atom stereocenters. The number of rotatable bonds is 8. The highest BCUT2D eigenvalue weighted by atomic mass is 35.5. The molecule has 0 radical (unpaired) electrons. The number of carbonyl (C=O) groups excluding carboxylic acids is 1. The fourth-order valence-electron chi connectivity index (χ4n) is 2.33. The molecule has 0 heterocycles. The zero-order valence-electron chi connectivity index (χ0n) is 15.0. The van der Waals surface area contributed by atoms with E-state index < -0.39 is 0 Å². The average molecular weight is 375 g/mol. The molecule has 2 rings (SSSR count). The number of nitrogens with zero attached hydrogens (tertiary/aromatic N) is 1. The largest absolute Gasteiger partial charge is 0.504 e. The van der Waals surface area contributed by atoms with E-state index in [-0.39, 0.29) is 11.7 Å². The summed E-state index contributed by atoms with van der Waals surface area (Å²) in [6.45, 7) is 4.30. The molecular weight excluding hydrogens is 352 g/mol. The van der Waals surface area contributed by atoms with Crippen molar-refractivity contribution in [2.24, 2.45) is 4.99 Å². The molecule has 0 aromatic heterocycles. The molecule has 6 heteroatoms. The summed E-state index contributed by atoms with van der Waals surface area (Å²) < 4.78 is 5.36. The first kappa shape index (κ1) is 19.8. The van der Waals surface area contributed by atoms with Crippen LogP contribution in [-0.2, 0) is 4.79 Å². The molecular formula is C20H23ClN2O3. The van der Waals surface area contributed by atoms with Crippen molar-refractivity contribution in [1.82, 2.24) is 0 Å². The Kier molecular flexibility index (Phi) is 7.48. The van der Waals surface area contributed by atoms with Crippen LogP contribution < -0.4 is 10.1 Å². The van der Waals surface area contributed by atoms with Crippen LogP contribution in [0, 0.1) is 0 Å². The van der Waals surface area contributed by atoms with Gasteiger partial charge in [-0.3, -0.25) is 9.79 Å². The van der Waals surface area contributed by atoms with E-state index in [0.717, 1.165) is 12.8 Å². The van der Waals surface area contributed by atoms with Crippen LogP contribution in [0.4, 0.5) is 11.4 Å². The number of ether oxygens (including phenoxy) is 1. The number of phenols is 1. The second-order valence-electron chi connectivity index (χ2n) is 5.74. The van der Waals surface area contributed by atoms with E-state index >= 15 is 0 Å². The molecule has 0 bridgehead atoms. The van der Waals surface area contributed by atoms with E-state index in [1.807, 2.05) is 32.0 Å². The third kappa shape index (κ3) is 5.77. The van der Waals surface area contributed by atoms with Gasteiger partial charge in [0.25, 0.3) is 0 Å². The van der Waals surface area contributed by atoms with Crippen LogP contribution in [0.2, 0.25) is 5.02 Å². The van der Waals surface area contributed by atoms with Gasteiger partial charge in [-0.15, -0.1) is 0 Å². The minimum atomic E-state index is -0.0122. The molecule has 0 fully saturated rings. The monoisotopic (exact) mass is 374 g/mol. The highest BCUT2D eigenvalue weighted by molar-refractivity contribution is 6.31. The number of nitrogens with one attached hydrogen (secondary N) is 1. The van der Waals surface area contributed by atoms with Crippen molar-refractivity contribution >= 4 is 35.1 Å². The maximum atomic E-state index is 11.8. The SMILES string of the molecule is CCCCC(=O)Nc1cccc(N=Cc2cc(Cl)cc(OCC)c2O)c1. The molecule has 2 N–H and O–H groups in total. The molecule has 0 spiro atoms. The van der Waals surface area contributed by atoms with Gasteiger partial charge >= 0.3 is 0 Å². The van der Waals surface area contributed by atoms with Crippen LogP contribution in [0.3, 0.4) is 0 Å². The van der Waals surface area contributed by atoms with Crippen molar-refractivity contribution in [3.8, 4) is 11.5 Å². The number of halogens is 1. The van der Waals surface area contributed by atoms with Gasteiger partial charge in [-0.05, 0) is 37.6 Å². The van der Waals surface area contributed by atoms with Gasteiger partial charge < -0.3 is 15.2 Å². The third-order valence-electron chi connectivity index (χ3n) is 3.61. The van der Waals surface area contributed by atoms with Crippen molar-refractivity contribution in [3.63, 3.8) is 0 Å². The Morgan fingerprint density at radius 1 is 1.31 bits per heavy atom. The first-order valence-corrected chi connectivity index (χ1v) is 9.00. The number of phenolic OH excluding ortho intramolecular Hbond substituents is 1. The lowest BCUT2D eigenvalue weighted by atomic mass is 10.2. The van der Waals surface area contributed by atoms with Gasteiger partial charge in [-0.25, -0.2) is 0 Å². The molecule has 0 aliphatic heterocycles. The Morgan fingerprint density at radius 3 is 2.85 bits per heavy atom. The maximum Gasteiger partial charge on any atom is 0.224 e. The van der Waals surface area contributed by atoms with E-state index in [4.69, 9.17) is 16.3 Å². The number of aromatic hydroxyl groups is 1. The van der Waals surface area contributed by atoms with E-state index in [1.165, 1.54) is 6.21 Å². The van der Waals surface area contributed by atoms with Crippen LogP contribution in [0.5, 0.6) is 11.5 Å². The van der Waals surface area contributed by atoms with E-state index in [9.17, 15) is 9.90 Å². The number of aliphatic imine (C=N–C) groups is 1. The first-order valence-electron chi connectivity index (χ1n) is 8.62. The minimum Gasteiger partial charge on any atom is -0.504 e. The normalized spacial score (nSPS) is 10.9. The summed E-state index contributed by atoms with van der Waals surface area (Å²) in [6, 6.07) is 10.4. The third-order valence-corrected chi connectivity index (χ3v) is 3.83. The standard InChI is InChI=1S/C20H23ClN2O3/c1-3-5-9-19(24)23-17-8-6-7-16(12-17)22-13-14-10-15(21)11-18(20(14)25)26-4-2/h6-8,10-13,25H,3-5,9H2,1-2H3,(H,23,24). The average Bonchev–Trinajstić information content (AvgIpc) is 2.62. The van der Waals surface area contributed by atoms with Crippen LogP contribution in [0.15, 0.2) is 41.4 Å². The maximum absolute atomic E-state index is 11.8. The second kappa shape index (κ2) is 9.82. The predicted octanol–water partition coefficient (Wildman–Crippen LogP) is 5.32. The summed E-state index contributed by atoms with van der Waals surface area (Å²) in [5.74, 6) is 0.296. The quantitative estimate of drug-likeness (QED) is 0.614. The van der Waals surface area contributed by atoms with Crippen molar-refractivity contribution in [2.75, 3.05) is 11.9 Å². The second-order valence-corrected chi connectivity index (χ2v) is 6.17. The lowest BCUT2D eigenvalue weighted by molar-refractivity contribution is -0.116.